The van der Waals surface area contributed by atoms with Crippen molar-refractivity contribution in [2.45, 2.75) is 11.3 Å². The Morgan fingerprint density at radius 2 is 2.06 bits per heavy atom. The monoisotopic (exact) mass is 317 g/mol. The van der Waals surface area contributed by atoms with Crippen LogP contribution < -0.4 is 10.1 Å². The zero-order valence-electron chi connectivity index (χ0n) is 8.87. The number of alkyl halides is 1. The van der Waals surface area contributed by atoms with E-state index in [4.69, 9.17) is 16.3 Å². The summed E-state index contributed by atoms with van der Waals surface area (Å²) in [6.45, 7) is 0. The molecule has 0 saturated carbocycles. The van der Waals surface area contributed by atoms with Crippen molar-refractivity contribution in [1.82, 2.24) is 5.32 Å². The largest absolute Gasteiger partial charge is 0.496 e. The highest BCUT2D eigenvalue weighted by Crippen LogP contribution is 2.33. The van der Waals surface area contributed by atoms with E-state index in [1.807, 2.05) is 0 Å². The maximum Gasteiger partial charge on any atom is 0.245 e. The Kier molecular flexibility index (Phi) is 3.40. The van der Waals surface area contributed by atoms with E-state index in [1.54, 1.807) is 18.2 Å². The molecule has 1 fully saturated rings. The molecule has 2 unspecified atom stereocenters. The van der Waals surface area contributed by atoms with Gasteiger partial charge >= 0.3 is 0 Å². The minimum Gasteiger partial charge on any atom is -0.496 e. The lowest BCUT2D eigenvalue weighted by Gasteiger charge is -2.12. The van der Waals surface area contributed by atoms with Gasteiger partial charge in [-0.15, -0.1) is 11.6 Å². The van der Waals surface area contributed by atoms with Crippen molar-refractivity contribution >= 4 is 39.3 Å². The number of hydrogen-bond acceptors (Lipinski definition) is 3. The lowest BCUT2D eigenvalue weighted by Crippen LogP contribution is -2.22. The maximum atomic E-state index is 11.6. The normalized spacial score (nSPS) is 23.7. The Morgan fingerprint density at radius 1 is 1.35 bits per heavy atom. The van der Waals surface area contributed by atoms with E-state index in [2.05, 4.69) is 21.2 Å². The second-order valence-electron chi connectivity index (χ2n) is 3.63. The maximum absolute atomic E-state index is 11.6. The van der Waals surface area contributed by atoms with Gasteiger partial charge in [0.25, 0.3) is 0 Å². The van der Waals surface area contributed by atoms with Gasteiger partial charge in [0.2, 0.25) is 11.8 Å². The van der Waals surface area contributed by atoms with Crippen LogP contribution in [0.5, 0.6) is 5.75 Å². The molecule has 17 heavy (non-hydrogen) atoms. The molecular formula is C11H9BrClNO3. The third-order valence-corrected chi connectivity index (χ3v) is 3.71. The molecule has 0 aromatic heterocycles. The molecule has 0 bridgehead atoms. The van der Waals surface area contributed by atoms with Crippen molar-refractivity contribution in [2.75, 3.05) is 7.11 Å². The average Bonchev–Trinajstić information content (AvgIpc) is 2.55. The highest BCUT2D eigenvalue weighted by atomic mass is 79.9. The Morgan fingerprint density at radius 3 is 2.59 bits per heavy atom. The minimum atomic E-state index is -0.867. The van der Waals surface area contributed by atoms with Crippen LogP contribution in [0.4, 0.5) is 0 Å². The first-order chi connectivity index (χ1) is 8.04. The third-order valence-electron chi connectivity index (χ3n) is 2.61. The molecule has 2 rings (SSSR count). The van der Waals surface area contributed by atoms with Crippen LogP contribution in [0, 0.1) is 0 Å². The second kappa shape index (κ2) is 4.66. The second-order valence-corrected chi connectivity index (χ2v) is 4.95. The van der Waals surface area contributed by atoms with Gasteiger partial charge in [-0.2, -0.15) is 0 Å². The van der Waals surface area contributed by atoms with Gasteiger partial charge in [-0.05, 0) is 33.6 Å². The SMILES string of the molecule is COc1cc(C2C(=O)NC(=O)C2Cl)ccc1Br. The first kappa shape index (κ1) is 12.4. The molecule has 1 N–H and O–H groups in total. The van der Waals surface area contributed by atoms with Crippen LogP contribution in [0.15, 0.2) is 22.7 Å². The summed E-state index contributed by atoms with van der Waals surface area (Å²) in [4.78, 5) is 22.9. The van der Waals surface area contributed by atoms with Crippen molar-refractivity contribution in [2.24, 2.45) is 0 Å². The van der Waals surface area contributed by atoms with Crippen molar-refractivity contribution < 1.29 is 14.3 Å². The number of benzene rings is 1. The zero-order chi connectivity index (χ0) is 12.6. The Bertz CT molecular complexity index is 492. The minimum absolute atomic E-state index is 0.376. The molecule has 1 aromatic carbocycles. The summed E-state index contributed by atoms with van der Waals surface area (Å²) < 4.78 is 5.91. The van der Waals surface area contributed by atoms with Crippen molar-refractivity contribution in [3.63, 3.8) is 0 Å². The number of halogens is 2. The predicted molar refractivity (Wildman–Crippen MR) is 66.2 cm³/mol. The Hall–Kier alpha value is -1.07. The number of carbonyl (C=O) groups excluding carboxylic acids is 2. The number of methoxy groups -OCH3 is 1. The molecule has 2 atom stereocenters. The summed E-state index contributed by atoms with van der Waals surface area (Å²) >= 11 is 9.22. The van der Waals surface area contributed by atoms with Crippen LogP contribution in [-0.4, -0.2) is 24.3 Å². The van der Waals surface area contributed by atoms with Crippen LogP contribution in [0.2, 0.25) is 0 Å². The van der Waals surface area contributed by atoms with Gasteiger partial charge in [0.1, 0.15) is 11.1 Å². The van der Waals surface area contributed by atoms with Gasteiger partial charge in [-0.1, -0.05) is 6.07 Å². The number of ether oxygens (including phenoxy) is 1. The van der Waals surface area contributed by atoms with E-state index in [0.29, 0.717) is 11.3 Å². The summed E-state index contributed by atoms with van der Waals surface area (Å²) in [5, 5.41) is 1.34. The molecule has 4 nitrogen and oxygen atoms in total. The molecule has 6 heteroatoms. The molecule has 0 spiro atoms. The van der Waals surface area contributed by atoms with Gasteiger partial charge in [0, 0.05) is 0 Å². The summed E-state index contributed by atoms with van der Waals surface area (Å²) in [6.07, 6.45) is 0. The van der Waals surface area contributed by atoms with Gasteiger partial charge in [-0.3, -0.25) is 14.9 Å². The summed E-state index contributed by atoms with van der Waals surface area (Å²) in [5.74, 6) is -0.896. The lowest BCUT2D eigenvalue weighted by atomic mass is 9.97. The van der Waals surface area contributed by atoms with Crippen LogP contribution in [0.25, 0.3) is 0 Å². The van der Waals surface area contributed by atoms with Crippen molar-refractivity contribution in [1.29, 1.82) is 0 Å². The topological polar surface area (TPSA) is 55.4 Å². The van der Waals surface area contributed by atoms with Gasteiger partial charge < -0.3 is 4.74 Å². The summed E-state index contributed by atoms with van der Waals surface area (Å²) in [5.41, 5.74) is 0.661. The fourth-order valence-electron chi connectivity index (χ4n) is 1.74. The number of imide groups is 1. The molecule has 2 amide bonds. The van der Waals surface area contributed by atoms with E-state index in [1.165, 1.54) is 7.11 Å². The highest BCUT2D eigenvalue weighted by Gasteiger charge is 2.41. The van der Waals surface area contributed by atoms with E-state index in [-0.39, 0.29) is 5.91 Å². The lowest BCUT2D eigenvalue weighted by molar-refractivity contribution is -0.125. The van der Waals surface area contributed by atoms with Gasteiger partial charge in [-0.25, -0.2) is 0 Å². The van der Waals surface area contributed by atoms with Crippen LogP contribution in [-0.2, 0) is 9.59 Å². The first-order valence-corrected chi connectivity index (χ1v) is 6.09. The van der Waals surface area contributed by atoms with E-state index >= 15 is 0 Å². The number of carbonyl (C=O) groups is 2. The smallest absolute Gasteiger partial charge is 0.245 e. The predicted octanol–water partition coefficient (Wildman–Crippen LogP) is 1.81. The molecule has 0 radical (unpaired) electrons. The van der Waals surface area contributed by atoms with Crippen molar-refractivity contribution in [3.8, 4) is 5.75 Å². The number of rotatable bonds is 2. The van der Waals surface area contributed by atoms with E-state index < -0.39 is 17.2 Å². The molecule has 1 heterocycles. The van der Waals surface area contributed by atoms with Crippen molar-refractivity contribution in [3.05, 3.63) is 28.2 Å². The molecule has 1 aromatic rings. The molecular weight excluding hydrogens is 309 g/mol. The zero-order valence-corrected chi connectivity index (χ0v) is 11.2. The standard InChI is InChI=1S/C11H9BrClNO3/c1-17-7-4-5(2-3-6(7)12)8-9(13)11(16)14-10(8)15/h2-4,8-9H,1H3,(H,14,15,16). The summed E-state index contributed by atoms with van der Waals surface area (Å²) in [6, 6.07) is 5.20. The van der Waals surface area contributed by atoms with Gasteiger partial charge in [0.05, 0.1) is 17.5 Å². The van der Waals surface area contributed by atoms with Crippen LogP contribution in [0.1, 0.15) is 11.5 Å². The number of hydrogen-bond donors (Lipinski definition) is 1. The third kappa shape index (κ3) is 2.17. The number of amides is 2. The number of nitrogens with one attached hydrogen (secondary N) is 1. The summed E-state index contributed by atoms with van der Waals surface area (Å²) in [7, 11) is 1.53. The van der Waals surface area contributed by atoms with Gasteiger partial charge in [0.15, 0.2) is 0 Å². The highest BCUT2D eigenvalue weighted by molar-refractivity contribution is 9.10. The fraction of sp³-hybridized carbons (Fsp3) is 0.273. The average molecular weight is 319 g/mol. The van der Waals surface area contributed by atoms with E-state index in [0.717, 1.165) is 4.47 Å². The first-order valence-electron chi connectivity index (χ1n) is 4.87. The Labute approximate surface area is 111 Å². The molecule has 1 aliphatic heterocycles. The molecule has 1 saturated heterocycles. The Balaban J connectivity index is 2.40. The van der Waals surface area contributed by atoms with E-state index in [9.17, 15) is 9.59 Å². The molecule has 1 aliphatic rings. The fourth-order valence-corrected chi connectivity index (χ4v) is 2.47. The van der Waals surface area contributed by atoms with Crippen LogP contribution in [0.3, 0.4) is 0 Å². The molecule has 90 valence electrons. The quantitative estimate of drug-likeness (QED) is 0.668. The van der Waals surface area contributed by atoms with Crippen LogP contribution >= 0.6 is 27.5 Å². The molecule has 0 aliphatic carbocycles.